The smallest absolute Gasteiger partial charge is 0.223 e. The number of benzene rings is 1. The molecule has 1 N–H and O–H groups in total. The topological polar surface area (TPSA) is 32.3 Å². The second-order valence-electron chi connectivity index (χ2n) is 6.48. The van der Waals surface area contributed by atoms with Gasteiger partial charge in [0.05, 0.1) is 0 Å². The summed E-state index contributed by atoms with van der Waals surface area (Å²) in [5, 5.41) is 4.10. The van der Waals surface area contributed by atoms with Crippen LogP contribution < -0.4 is 5.32 Å². The lowest BCUT2D eigenvalue weighted by molar-refractivity contribution is -0.133. The van der Waals surface area contributed by atoms with Crippen molar-refractivity contribution in [3.63, 3.8) is 0 Å². The third kappa shape index (κ3) is 6.70. The summed E-state index contributed by atoms with van der Waals surface area (Å²) in [5.74, 6) is 0.957. The SMILES string of the molecule is CC(C)N(Cc1cccc(Cl)c1)C(=O)CCC1CCNCC1.Cl. The Bertz CT molecular complexity index is 488. The molecule has 5 heteroatoms. The number of rotatable bonds is 6. The lowest BCUT2D eigenvalue weighted by Crippen LogP contribution is -2.37. The fourth-order valence-electron chi connectivity index (χ4n) is 3.03. The van der Waals surface area contributed by atoms with Gasteiger partial charge in [-0.05, 0) is 69.8 Å². The van der Waals surface area contributed by atoms with E-state index in [0.29, 0.717) is 18.9 Å². The van der Waals surface area contributed by atoms with Crippen LogP contribution in [0.3, 0.4) is 0 Å². The highest BCUT2D eigenvalue weighted by Crippen LogP contribution is 2.20. The van der Waals surface area contributed by atoms with Crippen molar-refractivity contribution >= 4 is 29.9 Å². The first kappa shape index (κ1) is 20.3. The van der Waals surface area contributed by atoms with E-state index >= 15 is 0 Å². The largest absolute Gasteiger partial charge is 0.336 e. The second kappa shape index (κ2) is 10.2. The van der Waals surface area contributed by atoms with Crippen LogP contribution in [-0.4, -0.2) is 29.9 Å². The summed E-state index contributed by atoms with van der Waals surface area (Å²) in [6, 6.07) is 7.98. The first-order valence-electron chi connectivity index (χ1n) is 8.31. The van der Waals surface area contributed by atoms with Crippen molar-refractivity contribution in [1.82, 2.24) is 10.2 Å². The van der Waals surface area contributed by atoms with Gasteiger partial charge in [0.25, 0.3) is 0 Å². The Morgan fingerprint density at radius 3 is 2.65 bits per heavy atom. The molecule has 0 spiro atoms. The van der Waals surface area contributed by atoms with Gasteiger partial charge in [-0.25, -0.2) is 0 Å². The highest BCUT2D eigenvalue weighted by atomic mass is 35.5. The molecular weight excluding hydrogens is 331 g/mol. The molecule has 1 saturated heterocycles. The molecule has 0 saturated carbocycles. The molecule has 23 heavy (non-hydrogen) atoms. The zero-order valence-electron chi connectivity index (χ0n) is 14.1. The Hall–Kier alpha value is -0.770. The molecule has 0 atom stereocenters. The molecule has 1 fully saturated rings. The average molecular weight is 359 g/mol. The van der Waals surface area contributed by atoms with Crippen LogP contribution in [0.2, 0.25) is 5.02 Å². The summed E-state index contributed by atoms with van der Waals surface area (Å²) in [5.41, 5.74) is 1.09. The Balaban J connectivity index is 0.00000264. The first-order valence-corrected chi connectivity index (χ1v) is 8.68. The number of halogens is 2. The van der Waals surface area contributed by atoms with Crippen LogP contribution in [0.5, 0.6) is 0 Å². The van der Waals surface area contributed by atoms with Gasteiger partial charge in [-0.1, -0.05) is 23.7 Å². The Kier molecular flexibility index (Phi) is 8.96. The minimum Gasteiger partial charge on any atom is -0.336 e. The van der Waals surface area contributed by atoms with E-state index in [0.717, 1.165) is 30.1 Å². The van der Waals surface area contributed by atoms with Crippen molar-refractivity contribution in [2.75, 3.05) is 13.1 Å². The van der Waals surface area contributed by atoms with Gasteiger partial charge in [-0.3, -0.25) is 4.79 Å². The molecule has 1 aliphatic rings. The number of piperidine rings is 1. The molecule has 0 aromatic heterocycles. The highest BCUT2D eigenvalue weighted by molar-refractivity contribution is 6.30. The van der Waals surface area contributed by atoms with Crippen molar-refractivity contribution in [3.8, 4) is 0 Å². The molecule has 2 rings (SSSR count). The van der Waals surface area contributed by atoms with E-state index in [1.54, 1.807) is 0 Å². The summed E-state index contributed by atoms with van der Waals surface area (Å²) in [6.45, 7) is 6.98. The van der Waals surface area contributed by atoms with Crippen LogP contribution in [0.25, 0.3) is 0 Å². The lowest BCUT2D eigenvalue weighted by Gasteiger charge is -2.28. The summed E-state index contributed by atoms with van der Waals surface area (Å²) in [7, 11) is 0. The van der Waals surface area contributed by atoms with E-state index in [-0.39, 0.29) is 24.4 Å². The van der Waals surface area contributed by atoms with Gasteiger partial charge >= 0.3 is 0 Å². The fraction of sp³-hybridized carbons (Fsp3) is 0.611. The summed E-state index contributed by atoms with van der Waals surface area (Å²) < 4.78 is 0. The number of nitrogens with zero attached hydrogens (tertiary/aromatic N) is 1. The van der Waals surface area contributed by atoms with Gasteiger partial charge in [0.2, 0.25) is 5.91 Å². The van der Waals surface area contributed by atoms with E-state index in [2.05, 4.69) is 19.2 Å². The summed E-state index contributed by atoms with van der Waals surface area (Å²) in [6.07, 6.45) is 4.06. The van der Waals surface area contributed by atoms with E-state index in [1.807, 2.05) is 29.2 Å². The highest BCUT2D eigenvalue weighted by Gasteiger charge is 2.20. The third-order valence-electron chi connectivity index (χ3n) is 4.41. The Labute approximate surface area is 151 Å². The quantitative estimate of drug-likeness (QED) is 0.822. The molecule has 1 heterocycles. The molecule has 1 aromatic rings. The average Bonchev–Trinajstić information content (AvgIpc) is 2.51. The number of carbonyl (C=O) groups is 1. The van der Waals surface area contributed by atoms with Crippen LogP contribution in [0, 0.1) is 5.92 Å². The number of nitrogens with one attached hydrogen (secondary N) is 1. The molecule has 0 bridgehead atoms. The van der Waals surface area contributed by atoms with Gasteiger partial charge < -0.3 is 10.2 Å². The van der Waals surface area contributed by atoms with Gasteiger partial charge in [0.15, 0.2) is 0 Å². The predicted octanol–water partition coefficient (Wildman–Crippen LogP) is 4.28. The third-order valence-corrected chi connectivity index (χ3v) is 4.65. The maximum absolute atomic E-state index is 12.6. The van der Waals surface area contributed by atoms with Crippen LogP contribution >= 0.6 is 24.0 Å². The molecule has 1 amide bonds. The molecule has 130 valence electrons. The van der Waals surface area contributed by atoms with E-state index in [9.17, 15) is 4.79 Å². The standard InChI is InChI=1S/C18H27ClN2O.ClH/c1-14(2)21(13-16-4-3-5-17(19)12-16)18(22)7-6-15-8-10-20-11-9-15;/h3-5,12,14-15,20H,6-11,13H2,1-2H3;1H. The van der Waals surface area contributed by atoms with Gasteiger partial charge in [-0.15, -0.1) is 12.4 Å². The van der Waals surface area contributed by atoms with Crippen LogP contribution in [0.15, 0.2) is 24.3 Å². The van der Waals surface area contributed by atoms with Crippen molar-refractivity contribution in [2.45, 2.75) is 52.1 Å². The van der Waals surface area contributed by atoms with Crippen LogP contribution in [0.4, 0.5) is 0 Å². The van der Waals surface area contributed by atoms with Crippen molar-refractivity contribution in [3.05, 3.63) is 34.9 Å². The molecule has 1 aromatic carbocycles. The fourth-order valence-corrected chi connectivity index (χ4v) is 3.25. The van der Waals surface area contributed by atoms with Crippen molar-refractivity contribution in [1.29, 1.82) is 0 Å². The maximum Gasteiger partial charge on any atom is 0.223 e. The molecule has 0 aliphatic carbocycles. The number of carbonyl (C=O) groups excluding carboxylic acids is 1. The monoisotopic (exact) mass is 358 g/mol. The zero-order chi connectivity index (χ0) is 15.9. The first-order chi connectivity index (χ1) is 10.6. The molecule has 0 unspecified atom stereocenters. The normalized spacial score (nSPS) is 15.3. The second-order valence-corrected chi connectivity index (χ2v) is 6.91. The number of hydrogen-bond donors (Lipinski definition) is 1. The van der Waals surface area contributed by atoms with Gasteiger partial charge in [0.1, 0.15) is 0 Å². The lowest BCUT2D eigenvalue weighted by atomic mass is 9.93. The van der Waals surface area contributed by atoms with Crippen molar-refractivity contribution in [2.24, 2.45) is 5.92 Å². The minimum absolute atomic E-state index is 0. The zero-order valence-corrected chi connectivity index (χ0v) is 15.6. The molecular formula is C18H28Cl2N2O. The summed E-state index contributed by atoms with van der Waals surface area (Å²) >= 11 is 6.04. The summed E-state index contributed by atoms with van der Waals surface area (Å²) in [4.78, 5) is 14.6. The van der Waals surface area contributed by atoms with Crippen LogP contribution in [-0.2, 0) is 11.3 Å². The maximum atomic E-state index is 12.6. The van der Waals surface area contributed by atoms with E-state index in [4.69, 9.17) is 11.6 Å². The van der Waals surface area contributed by atoms with E-state index in [1.165, 1.54) is 12.8 Å². The molecule has 0 radical (unpaired) electrons. The molecule has 1 aliphatic heterocycles. The van der Waals surface area contributed by atoms with Crippen LogP contribution in [0.1, 0.15) is 45.1 Å². The van der Waals surface area contributed by atoms with Gasteiger partial charge in [-0.2, -0.15) is 0 Å². The Morgan fingerprint density at radius 1 is 1.35 bits per heavy atom. The predicted molar refractivity (Wildman–Crippen MR) is 99.2 cm³/mol. The molecule has 3 nitrogen and oxygen atoms in total. The van der Waals surface area contributed by atoms with Crippen molar-refractivity contribution < 1.29 is 4.79 Å². The Morgan fingerprint density at radius 2 is 2.04 bits per heavy atom. The number of hydrogen-bond acceptors (Lipinski definition) is 2. The van der Waals surface area contributed by atoms with E-state index < -0.39 is 0 Å². The number of amides is 1. The minimum atomic E-state index is 0. The van der Waals surface area contributed by atoms with Gasteiger partial charge in [0, 0.05) is 24.0 Å².